The van der Waals surface area contributed by atoms with Crippen LogP contribution in [0, 0.1) is 5.92 Å². The van der Waals surface area contributed by atoms with Crippen LogP contribution < -0.4 is 15.8 Å². The lowest BCUT2D eigenvalue weighted by Gasteiger charge is -2.23. The zero-order valence-electron chi connectivity index (χ0n) is 11.2. The second-order valence-corrected chi connectivity index (χ2v) is 4.69. The Bertz CT molecular complexity index is 490. The minimum Gasteiger partial charge on any atom is -0.404 e. The van der Waals surface area contributed by atoms with Gasteiger partial charge in [0.05, 0.1) is 5.69 Å². The molecule has 1 saturated carbocycles. The largest absolute Gasteiger partial charge is 0.573 e. The smallest absolute Gasteiger partial charge is 0.404 e. The number of anilines is 1. The first kappa shape index (κ1) is 17.9. The predicted octanol–water partition coefficient (Wildman–Crippen LogP) is 3.73. The first-order valence-corrected chi connectivity index (χ1v) is 6.36. The maximum atomic E-state index is 12.3. The summed E-state index contributed by atoms with van der Waals surface area (Å²) in [7, 11) is 0. The summed E-state index contributed by atoms with van der Waals surface area (Å²) in [6.45, 7) is 0.598. The van der Waals surface area contributed by atoms with Crippen LogP contribution in [0.1, 0.15) is 19.3 Å². The summed E-state index contributed by atoms with van der Waals surface area (Å²) in [6.07, 6.45) is -1.28. The van der Waals surface area contributed by atoms with Crippen LogP contribution in [0.3, 0.4) is 0 Å². The van der Waals surface area contributed by atoms with Crippen molar-refractivity contribution in [3.63, 3.8) is 0 Å². The van der Waals surface area contributed by atoms with Gasteiger partial charge < -0.3 is 15.8 Å². The fourth-order valence-corrected chi connectivity index (χ4v) is 1.86. The van der Waals surface area contributed by atoms with Crippen LogP contribution in [-0.2, 0) is 0 Å². The zero-order valence-corrected chi connectivity index (χ0v) is 13.5. The third kappa shape index (κ3) is 5.98. The van der Waals surface area contributed by atoms with Crippen LogP contribution in [0.15, 0.2) is 29.3 Å². The Hall–Kier alpha value is -1.19. The SMILES string of the molecule is I.NC(=NCC1CCC1)Nc1ccccc1OC(F)(F)F. The fourth-order valence-electron chi connectivity index (χ4n) is 1.86. The summed E-state index contributed by atoms with van der Waals surface area (Å²) in [5.74, 6) is 0.300. The molecule has 0 heterocycles. The van der Waals surface area contributed by atoms with E-state index >= 15 is 0 Å². The number of aliphatic imine (C=N–C) groups is 1. The van der Waals surface area contributed by atoms with Gasteiger partial charge in [0.2, 0.25) is 0 Å². The molecule has 1 aromatic carbocycles. The summed E-state index contributed by atoms with van der Waals surface area (Å²) >= 11 is 0. The zero-order chi connectivity index (χ0) is 14.6. The molecular weight excluding hydrogens is 398 g/mol. The van der Waals surface area contributed by atoms with Crippen molar-refractivity contribution < 1.29 is 17.9 Å². The molecule has 2 rings (SSSR count). The lowest BCUT2D eigenvalue weighted by Crippen LogP contribution is -2.26. The Labute approximate surface area is 138 Å². The van der Waals surface area contributed by atoms with Crippen molar-refractivity contribution in [2.24, 2.45) is 16.6 Å². The van der Waals surface area contributed by atoms with Crippen LogP contribution in [-0.4, -0.2) is 18.9 Å². The Kier molecular flexibility index (Phi) is 6.56. The lowest BCUT2D eigenvalue weighted by molar-refractivity contribution is -0.274. The first-order chi connectivity index (χ1) is 9.44. The Morgan fingerprint density at radius 1 is 1.33 bits per heavy atom. The lowest BCUT2D eigenvalue weighted by atomic mass is 9.86. The van der Waals surface area contributed by atoms with Crippen molar-refractivity contribution in [1.82, 2.24) is 0 Å². The Balaban J connectivity index is 0.00000220. The van der Waals surface area contributed by atoms with Gasteiger partial charge >= 0.3 is 6.36 Å². The van der Waals surface area contributed by atoms with Crippen molar-refractivity contribution in [2.45, 2.75) is 25.6 Å². The van der Waals surface area contributed by atoms with Gasteiger partial charge in [0.25, 0.3) is 0 Å². The highest BCUT2D eigenvalue weighted by atomic mass is 127. The molecule has 0 saturated heterocycles. The summed E-state index contributed by atoms with van der Waals surface area (Å²) in [4.78, 5) is 4.13. The number of halogens is 4. The van der Waals surface area contributed by atoms with Crippen molar-refractivity contribution in [2.75, 3.05) is 11.9 Å². The average Bonchev–Trinajstić information content (AvgIpc) is 2.28. The van der Waals surface area contributed by atoms with E-state index in [-0.39, 0.29) is 41.4 Å². The van der Waals surface area contributed by atoms with E-state index < -0.39 is 6.36 Å². The van der Waals surface area contributed by atoms with Gasteiger partial charge in [-0.15, -0.1) is 37.1 Å². The van der Waals surface area contributed by atoms with E-state index in [1.54, 1.807) is 6.07 Å². The number of nitrogens with one attached hydrogen (secondary N) is 1. The van der Waals surface area contributed by atoms with Gasteiger partial charge in [-0.1, -0.05) is 18.6 Å². The number of ether oxygens (including phenoxy) is 1. The number of guanidine groups is 1. The molecule has 0 radical (unpaired) electrons. The molecule has 118 valence electrons. The van der Waals surface area contributed by atoms with Crippen molar-refractivity contribution in [1.29, 1.82) is 0 Å². The minimum absolute atomic E-state index is 0. The average molecular weight is 415 g/mol. The highest BCUT2D eigenvalue weighted by Gasteiger charge is 2.32. The number of para-hydroxylation sites is 2. The molecule has 1 aliphatic carbocycles. The molecule has 21 heavy (non-hydrogen) atoms. The third-order valence-corrected chi connectivity index (χ3v) is 3.12. The highest BCUT2D eigenvalue weighted by Crippen LogP contribution is 2.30. The van der Waals surface area contributed by atoms with Gasteiger partial charge in [-0.05, 0) is 30.9 Å². The highest BCUT2D eigenvalue weighted by molar-refractivity contribution is 14.0. The maximum Gasteiger partial charge on any atom is 0.573 e. The van der Waals surface area contributed by atoms with Crippen LogP contribution in [0.4, 0.5) is 18.9 Å². The molecule has 4 nitrogen and oxygen atoms in total. The normalized spacial score (nSPS) is 15.9. The van der Waals surface area contributed by atoms with Gasteiger partial charge in [0.1, 0.15) is 0 Å². The van der Waals surface area contributed by atoms with Crippen molar-refractivity contribution >= 4 is 35.6 Å². The standard InChI is InChI=1S/C13H16F3N3O.HI/c14-13(15,16)20-11-7-2-1-6-10(11)19-12(17)18-8-9-4-3-5-9;/h1-2,6-7,9H,3-5,8H2,(H3,17,18,19);1H. The molecule has 0 amide bonds. The Morgan fingerprint density at radius 2 is 2.00 bits per heavy atom. The van der Waals surface area contributed by atoms with E-state index in [0.29, 0.717) is 12.5 Å². The van der Waals surface area contributed by atoms with Gasteiger partial charge in [0.15, 0.2) is 11.7 Å². The number of nitrogens with two attached hydrogens (primary N) is 1. The quantitative estimate of drug-likeness (QED) is 0.448. The molecule has 8 heteroatoms. The molecule has 0 spiro atoms. The molecule has 1 aromatic rings. The summed E-state index contributed by atoms with van der Waals surface area (Å²) in [5.41, 5.74) is 5.81. The van der Waals surface area contributed by atoms with Crippen LogP contribution in [0.2, 0.25) is 0 Å². The molecule has 3 N–H and O–H groups in total. The summed E-state index contributed by atoms with van der Waals surface area (Å²) in [6, 6.07) is 5.71. The number of rotatable bonds is 4. The van der Waals surface area contributed by atoms with Crippen LogP contribution >= 0.6 is 24.0 Å². The van der Waals surface area contributed by atoms with Gasteiger partial charge in [-0.25, -0.2) is 0 Å². The van der Waals surface area contributed by atoms with E-state index in [0.717, 1.165) is 12.8 Å². The summed E-state index contributed by atoms with van der Waals surface area (Å²) < 4.78 is 40.7. The number of nitrogens with zero attached hydrogens (tertiary/aromatic N) is 1. The Morgan fingerprint density at radius 3 is 2.57 bits per heavy atom. The molecule has 0 aliphatic heterocycles. The fraction of sp³-hybridized carbons (Fsp3) is 0.462. The first-order valence-electron chi connectivity index (χ1n) is 6.36. The van der Waals surface area contributed by atoms with Crippen LogP contribution in [0.5, 0.6) is 5.75 Å². The van der Waals surface area contributed by atoms with Gasteiger partial charge in [0, 0.05) is 6.54 Å². The molecule has 0 aromatic heterocycles. The van der Waals surface area contributed by atoms with Crippen molar-refractivity contribution in [3.05, 3.63) is 24.3 Å². The topological polar surface area (TPSA) is 59.6 Å². The second kappa shape index (κ2) is 7.71. The number of hydrogen-bond donors (Lipinski definition) is 2. The second-order valence-electron chi connectivity index (χ2n) is 4.69. The van der Waals surface area contributed by atoms with Crippen molar-refractivity contribution in [3.8, 4) is 5.75 Å². The van der Waals surface area contributed by atoms with E-state index in [2.05, 4.69) is 15.0 Å². The maximum absolute atomic E-state index is 12.3. The molecule has 0 bridgehead atoms. The third-order valence-electron chi connectivity index (χ3n) is 3.12. The molecule has 0 atom stereocenters. The molecule has 0 unspecified atom stereocenters. The molecule has 1 aliphatic rings. The van der Waals surface area contributed by atoms with E-state index in [1.165, 1.54) is 24.6 Å². The molecule has 1 fully saturated rings. The molecular formula is C13H17F3IN3O. The number of benzene rings is 1. The van der Waals surface area contributed by atoms with E-state index in [9.17, 15) is 13.2 Å². The predicted molar refractivity (Wildman–Crippen MR) is 86.0 cm³/mol. The number of alkyl halides is 3. The van der Waals surface area contributed by atoms with E-state index in [4.69, 9.17) is 5.73 Å². The van der Waals surface area contributed by atoms with Crippen LogP contribution in [0.25, 0.3) is 0 Å². The van der Waals surface area contributed by atoms with E-state index in [1.807, 2.05) is 0 Å². The monoisotopic (exact) mass is 415 g/mol. The van der Waals surface area contributed by atoms with Gasteiger partial charge in [-0.3, -0.25) is 4.99 Å². The summed E-state index contributed by atoms with van der Waals surface area (Å²) in [5, 5.41) is 2.64. The number of hydrogen-bond acceptors (Lipinski definition) is 2. The van der Waals surface area contributed by atoms with Gasteiger partial charge in [-0.2, -0.15) is 0 Å². The minimum atomic E-state index is -4.74.